The summed E-state index contributed by atoms with van der Waals surface area (Å²) in [5.41, 5.74) is 4.92. The summed E-state index contributed by atoms with van der Waals surface area (Å²) in [5, 5.41) is 13.8. The van der Waals surface area contributed by atoms with Crippen molar-refractivity contribution in [3.05, 3.63) is 9.98 Å². The summed E-state index contributed by atoms with van der Waals surface area (Å²) < 4.78 is 0.728. The number of nitrogens with one attached hydrogen (secondary N) is 2. The van der Waals surface area contributed by atoms with Crippen LogP contribution in [0, 0.1) is 0 Å². The van der Waals surface area contributed by atoms with E-state index in [1.54, 1.807) is 0 Å². The fraction of sp³-hybridized carbons (Fsp3) is 0.333. The van der Waals surface area contributed by atoms with E-state index in [1.807, 2.05) is 0 Å². The second-order valence-corrected chi connectivity index (χ2v) is 5.87. The predicted octanol–water partition coefficient (Wildman–Crippen LogP) is 0.746. The van der Waals surface area contributed by atoms with E-state index >= 15 is 0 Å². The molecule has 1 atom stereocenters. The van der Waals surface area contributed by atoms with Crippen LogP contribution in [0.4, 0.5) is 9.93 Å². The molecule has 19 heavy (non-hydrogen) atoms. The van der Waals surface area contributed by atoms with Gasteiger partial charge < -0.3 is 16.2 Å². The molecule has 1 aromatic heterocycles. The van der Waals surface area contributed by atoms with Crippen molar-refractivity contribution in [3.63, 3.8) is 0 Å². The number of hydrogen-bond acceptors (Lipinski definition) is 5. The molecule has 104 valence electrons. The Morgan fingerprint density at radius 2 is 2.21 bits per heavy atom. The number of thiazole rings is 1. The highest BCUT2D eigenvalue weighted by molar-refractivity contribution is 9.11. The number of amides is 3. The molecule has 1 heterocycles. The van der Waals surface area contributed by atoms with Crippen LogP contribution in [0.25, 0.3) is 0 Å². The molecule has 0 radical (unpaired) electrons. The van der Waals surface area contributed by atoms with Crippen LogP contribution in [-0.4, -0.2) is 34.0 Å². The molecule has 1 rings (SSSR count). The lowest BCUT2D eigenvalue weighted by Gasteiger charge is -2.13. The first-order chi connectivity index (χ1) is 8.88. The second-order valence-electron chi connectivity index (χ2n) is 3.46. The van der Waals surface area contributed by atoms with Crippen molar-refractivity contribution in [2.24, 2.45) is 5.73 Å². The van der Waals surface area contributed by atoms with Gasteiger partial charge in [0.15, 0.2) is 5.13 Å². The van der Waals surface area contributed by atoms with E-state index in [0.717, 1.165) is 3.79 Å². The number of anilines is 1. The molecule has 0 aromatic carbocycles. The molecule has 5 N–H and O–H groups in total. The first-order valence-corrected chi connectivity index (χ1v) is 6.69. The molecule has 8 nitrogen and oxygen atoms in total. The van der Waals surface area contributed by atoms with Crippen LogP contribution in [0.5, 0.6) is 0 Å². The Bertz CT molecular complexity index is 492. The zero-order chi connectivity index (χ0) is 14.4. The number of hydrogen-bond donors (Lipinski definition) is 4. The largest absolute Gasteiger partial charge is 0.480 e. The minimum atomic E-state index is -1.24. The molecule has 0 bridgehead atoms. The van der Waals surface area contributed by atoms with Gasteiger partial charge in [-0.25, -0.2) is 14.6 Å². The Morgan fingerprint density at radius 1 is 1.53 bits per heavy atom. The average molecular weight is 351 g/mol. The van der Waals surface area contributed by atoms with E-state index < -0.39 is 23.9 Å². The van der Waals surface area contributed by atoms with E-state index in [0.29, 0.717) is 5.13 Å². The molecule has 3 amide bonds. The van der Waals surface area contributed by atoms with Crippen LogP contribution in [0.2, 0.25) is 0 Å². The van der Waals surface area contributed by atoms with Crippen molar-refractivity contribution in [1.29, 1.82) is 0 Å². The summed E-state index contributed by atoms with van der Waals surface area (Å²) >= 11 is 4.36. The number of carbonyl (C=O) groups is 3. The van der Waals surface area contributed by atoms with Crippen molar-refractivity contribution < 1.29 is 19.5 Å². The van der Waals surface area contributed by atoms with E-state index in [9.17, 15) is 14.4 Å². The van der Waals surface area contributed by atoms with Crippen molar-refractivity contribution in [2.45, 2.75) is 18.9 Å². The van der Waals surface area contributed by atoms with E-state index in [1.165, 1.54) is 17.5 Å². The van der Waals surface area contributed by atoms with Crippen LogP contribution in [-0.2, 0) is 9.59 Å². The van der Waals surface area contributed by atoms with Gasteiger partial charge in [0, 0.05) is 6.42 Å². The number of aromatic nitrogens is 1. The molecule has 0 aliphatic carbocycles. The minimum Gasteiger partial charge on any atom is -0.480 e. The van der Waals surface area contributed by atoms with Gasteiger partial charge in [0.2, 0.25) is 5.91 Å². The fourth-order valence-corrected chi connectivity index (χ4v) is 2.25. The number of carboxylic acid groups (broad SMARTS) is 1. The number of nitrogens with two attached hydrogens (primary N) is 1. The Morgan fingerprint density at radius 3 is 2.68 bits per heavy atom. The first-order valence-electron chi connectivity index (χ1n) is 5.08. The average Bonchev–Trinajstić information content (AvgIpc) is 2.69. The summed E-state index contributed by atoms with van der Waals surface area (Å²) in [6.45, 7) is 0. The minimum absolute atomic E-state index is 0.0698. The number of aliphatic carboxylic acids is 1. The maximum atomic E-state index is 11.5. The number of rotatable bonds is 6. The van der Waals surface area contributed by atoms with Gasteiger partial charge in [0.1, 0.15) is 6.04 Å². The Balaban J connectivity index is 2.51. The zero-order valence-electron chi connectivity index (χ0n) is 9.55. The van der Waals surface area contributed by atoms with Gasteiger partial charge in [-0.3, -0.25) is 10.1 Å². The van der Waals surface area contributed by atoms with Crippen LogP contribution in [0.1, 0.15) is 12.8 Å². The Hall–Kier alpha value is -1.68. The summed E-state index contributed by atoms with van der Waals surface area (Å²) in [7, 11) is 0. The molecule has 0 saturated carbocycles. The molecule has 0 saturated heterocycles. The SMILES string of the molecule is NC(=O)CC[C@@H](NC(=O)Nc1ncc(Br)s1)C(=O)O. The molecule has 0 fully saturated rings. The fourth-order valence-electron chi connectivity index (χ4n) is 1.15. The number of halogens is 1. The molecule has 1 aromatic rings. The van der Waals surface area contributed by atoms with Crippen molar-refractivity contribution >= 4 is 50.3 Å². The lowest BCUT2D eigenvalue weighted by Crippen LogP contribution is -2.43. The van der Waals surface area contributed by atoms with Gasteiger partial charge in [0.25, 0.3) is 0 Å². The van der Waals surface area contributed by atoms with E-state index in [2.05, 4.69) is 31.5 Å². The second kappa shape index (κ2) is 7.04. The highest BCUT2D eigenvalue weighted by Gasteiger charge is 2.20. The monoisotopic (exact) mass is 350 g/mol. The predicted molar refractivity (Wildman–Crippen MR) is 71.8 cm³/mol. The van der Waals surface area contributed by atoms with Crippen LogP contribution < -0.4 is 16.4 Å². The number of urea groups is 1. The summed E-state index contributed by atoms with van der Waals surface area (Å²) in [5.74, 6) is -1.87. The van der Waals surface area contributed by atoms with Gasteiger partial charge in [-0.2, -0.15) is 0 Å². The molecule has 10 heteroatoms. The van der Waals surface area contributed by atoms with Gasteiger partial charge in [-0.1, -0.05) is 11.3 Å². The number of primary amides is 1. The summed E-state index contributed by atoms with van der Waals surface area (Å²) in [4.78, 5) is 36.9. The van der Waals surface area contributed by atoms with Gasteiger partial charge in [-0.05, 0) is 22.4 Å². The van der Waals surface area contributed by atoms with Crippen LogP contribution >= 0.6 is 27.3 Å². The number of nitrogens with zero attached hydrogens (tertiary/aromatic N) is 1. The van der Waals surface area contributed by atoms with Crippen LogP contribution in [0.15, 0.2) is 9.98 Å². The number of carboxylic acids is 1. The molecule has 0 aliphatic heterocycles. The highest BCUT2D eigenvalue weighted by atomic mass is 79.9. The normalized spacial score (nSPS) is 11.6. The Labute approximate surface area is 120 Å². The van der Waals surface area contributed by atoms with Crippen molar-refractivity contribution in [3.8, 4) is 0 Å². The molecular weight excluding hydrogens is 340 g/mol. The third-order valence-electron chi connectivity index (χ3n) is 1.98. The smallest absolute Gasteiger partial charge is 0.326 e. The first kappa shape index (κ1) is 15.4. The lowest BCUT2D eigenvalue weighted by atomic mass is 10.1. The molecule has 0 unspecified atom stereocenters. The van der Waals surface area contributed by atoms with Crippen molar-refractivity contribution in [1.82, 2.24) is 10.3 Å². The van der Waals surface area contributed by atoms with Crippen molar-refractivity contribution in [2.75, 3.05) is 5.32 Å². The molecular formula is C9H11BrN4O4S. The maximum absolute atomic E-state index is 11.5. The highest BCUT2D eigenvalue weighted by Crippen LogP contribution is 2.22. The maximum Gasteiger partial charge on any atom is 0.326 e. The zero-order valence-corrected chi connectivity index (χ0v) is 12.0. The Kier molecular flexibility index (Phi) is 5.70. The van der Waals surface area contributed by atoms with E-state index in [-0.39, 0.29) is 12.8 Å². The van der Waals surface area contributed by atoms with Gasteiger partial charge in [-0.15, -0.1) is 0 Å². The van der Waals surface area contributed by atoms with Gasteiger partial charge in [0.05, 0.1) is 9.98 Å². The third kappa shape index (κ3) is 5.66. The van der Waals surface area contributed by atoms with Gasteiger partial charge >= 0.3 is 12.0 Å². The van der Waals surface area contributed by atoms with Crippen LogP contribution in [0.3, 0.4) is 0 Å². The topological polar surface area (TPSA) is 134 Å². The summed E-state index contributed by atoms with van der Waals surface area (Å²) in [6, 6.07) is -1.89. The molecule has 0 aliphatic rings. The summed E-state index contributed by atoms with van der Waals surface area (Å²) in [6.07, 6.45) is 1.31. The molecule has 0 spiro atoms. The quantitative estimate of drug-likeness (QED) is 0.600. The standard InChI is InChI=1S/C9H11BrN4O4S/c10-5-3-12-9(19-5)14-8(18)13-4(7(16)17)1-2-6(11)15/h3-4H,1-2H2,(H2,11,15)(H,16,17)(H2,12,13,14,18)/t4-/m1/s1. The van der Waals surface area contributed by atoms with E-state index in [4.69, 9.17) is 10.8 Å². The number of carbonyl (C=O) groups excluding carboxylic acids is 2. The third-order valence-corrected chi connectivity index (χ3v) is 3.37. The lowest BCUT2D eigenvalue weighted by molar-refractivity contribution is -0.139.